The molecule has 0 bridgehead atoms. The van der Waals surface area contributed by atoms with Gasteiger partial charge in [-0.2, -0.15) is 0 Å². The average Bonchev–Trinajstić information content (AvgIpc) is 2.88. The van der Waals surface area contributed by atoms with E-state index >= 15 is 0 Å². The van der Waals surface area contributed by atoms with Crippen molar-refractivity contribution in [2.75, 3.05) is 0 Å². The Morgan fingerprint density at radius 3 is 2.77 bits per heavy atom. The summed E-state index contributed by atoms with van der Waals surface area (Å²) in [5.41, 5.74) is 2.93. The van der Waals surface area contributed by atoms with E-state index in [4.69, 9.17) is 5.11 Å². The zero-order valence-corrected chi connectivity index (χ0v) is 11.8. The van der Waals surface area contributed by atoms with Crippen molar-refractivity contribution in [2.24, 2.45) is 0 Å². The van der Waals surface area contributed by atoms with Gasteiger partial charge in [-0.3, -0.25) is 0 Å². The summed E-state index contributed by atoms with van der Waals surface area (Å²) in [6, 6.07) is 14.3. The van der Waals surface area contributed by atoms with Gasteiger partial charge in [0.1, 0.15) is 5.82 Å². The van der Waals surface area contributed by atoms with Crippen molar-refractivity contribution in [2.45, 2.75) is 13.1 Å². The predicted octanol–water partition coefficient (Wildman–Crippen LogP) is 3.60. The molecule has 0 fully saturated rings. The Morgan fingerprint density at radius 1 is 1.14 bits per heavy atom. The molecule has 0 aliphatic rings. The summed E-state index contributed by atoms with van der Waals surface area (Å²) < 4.78 is 15.3. The van der Waals surface area contributed by atoms with Crippen LogP contribution < -0.4 is 5.32 Å². The molecule has 4 nitrogen and oxygen atoms in total. The number of amides is 1. The Hall–Kier alpha value is -2.82. The van der Waals surface area contributed by atoms with Crippen molar-refractivity contribution in [3.05, 3.63) is 71.7 Å². The van der Waals surface area contributed by atoms with E-state index in [-0.39, 0.29) is 12.4 Å². The fourth-order valence-electron chi connectivity index (χ4n) is 2.52. The van der Waals surface area contributed by atoms with E-state index in [2.05, 4.69) is 5.32 Å². The molecule has 0 atom stereocenters. The van der Waals surface area contributed by atoms with Crippen molar-refractivity contribution >= 4 is 17.0 Å². The molecule has 0 radical (unpaired) electrons. The third kappa shape index (κ3) is 3.09. The lowest BCUT2D eigenvalue weighted by molar-refractivity contribution is 0.194. The number of rotatable bonds is 4. The molecular formula is C17H15FN2O2. The number of aromatic nitrogens is 1. The molecule has 1 amide bonds. The molecule has 0 saturated carbocycles. The number of hydrogen-bond donors (Lipinski definition) is 2. The highest BCUT2D eigenvalue weighted by molar-refractivity contribution is 5.80. The van der Waals surface area contributed by atoms with Gasteiger partial charge in [0.15, 0.2) is 0 Å². The Labute approximate surface area is 126 Å². The van der Waals surface area contributed by atoms with Gasteiger partial charge in [0.2, 0.25) is 0 Å². The van der Waals surface area contributed by atoms with Crippen molar-refractivity contribution in [3.8, 4) is 0 Å². The number of carbonyl (C=O) groups is 1. The van der Waals surface area contributed by atoms with Crippen LogP contribution in [0.25, 0.3) is 10.9 Å². The first kappa shape index (κ1) is 14.1. The van der Waals surface area contributed by atoms with E-state index in [1.54, 1.807) is 6.07 Å². The molecule has 0 saturated heterocycles. The standard InChI is InChI=1S/C17H15FN2O2/c18-15-4-5-16-14(9-15)6-7-20(16)11-13-3-1-2-12(8-13)10-19-17(21)22/h1-9,19H,10-11H2,(H,21,22). The van der Waals surface area contributed by atoms with E-state index in [1.165, 1.54) is 12.1 Å². The summed E-state index contributed by atoms with van der Waals surface area (Å²) in [5.74, 6) is -0.244. The Kier molecular flexibility index (Phi) is 3.78. The normalized spacial score (nSPS) is 10.8. The number of carboxylic acid groups (broad SMARTS) is 1. The van der Waals surface area contributed by atoms with Crippen LogP contribution in [0.15, 0.2) is 54.7 Å². The molecule has 2 aromatic carbocycles. The molecule has 1 aromatic heterocycles. The quantitative estimate of drug-likeness (QED) is 0.773. The van der Waals surface area contributed by atoms with Crippen LogP contribution in [-0.2, 0) is 13.1 Å². The molecule has 0 aliphatic carbocycles. The SMILES string of the molecule is O=C(O)NCc1cccc(Cn2ccc3cc(F)ccc32)c1. The van der Waals surface area contributed by atoms with Crippen LogP contribution in [0.5, 0.6) is 0 Å². The predicted molar refractivity (Wildman–Crippen MR) is 82.3 cm³/mol. The Bertz CT molecular complexity index is 826. The number of nitrogens with zero attached hydrogens (tertiary/aromatic N) is 1. The van der Waals surface area contributed by atoms with Gasteiger partial charge in [0, 0.05) is 30.2 Å². The van der Waals surface area contributed by atoms with E-state index in [1.807, 2.05) is 41.1 Å². The lowest BCUT2D eigenvalue weighted by atomic mass is 10.1. The summed E-state index contributed by atoms with van der Waals surface area (Å²) in [6.45, 7) is 0.927. The monoisotopic (exact) mass is 298 g/mol. The smallest absolute Gasteiger partial charge is 0.404 e. The van der Waals surface area contributed by atoms with Gasteiger partial charge >= 0.3 is 6.09 Å². The van der Waals surface area contributed by atoms with Gasteiger partial charge in [-0.25, -0.2) is 9.18 Å². The van der Waals surface area contributed by atoms with E-state index < -0.39 is 6.09 Å². The van der Waals surface area contributed by atoms with Crippen molar-refractivity contribution < 1.29 is 14.3 Å². The van der Waals surface area contributed by atoms with Crippen LogP contribution in [0.1, 0.15) is 11.1 Å². The van der Waals surface area contributed by atoms with Gasteiger partial charge < -0.3 is 15.0 Å². The molecule has 112 valence electrons. The fourth-order valence-corrected chi connectivity index (χ4v) is 2.52. The fraction of sp³-hybridized carbons (Fsp3) is 0.118. The zero-order valence-electron chi connectivity index (χ0n) is 11.8. The van der Waals surface area contributed by atoms with Crippen molar-refractivity contribution in [3.63, 3.8) is 0 Å². The van der Waals surface area contributed by atoms with E-state index in [0.29, 0.717) is 6.54 Å². The lowest BCUT2D eigenvalue weighted by Crippen LogP contribution is -2.19. The van der Waals surface area contributed by atoms with Crippen LogP contribution in [0.2, 0.25) is 0 Å². The molecule has 3 rings (SSSR count). The largest absolute Gasteiger partial charge is 0.465 e. The highest BCUT2D eigenvalue weighted by atomic mass is 19.1. The number of halogens is 1. The maximum atomic E-state index is 13.2. The van der Waals surface area contributed by atoms with E-state index in [0.717, 1.165) is 22.0 Å². The van der Waals surface area contributed by atoms with Gasteiger partial charge in [-0.1, -0.05) is 24.3 Å². The van der Waals surface area contributed by atoms with Crippen LogP contribution in [-0.4, -0.2) is 15.8 Å². The minimum absolute atomic E-state index is 0.244. The zero-order chi connectivity index (χ0) is 15.5. The lowest BCUT2D eigenvalue weighted by Gasteiger charge is -2.08. The minimum atomic E-state index is -1.04. The van der Waals surface area contributed by atoms with E-state index in [9.17, 15) is 9.18 Å². The van der Waals surface area contributed by atoms with Gasteiger partial charge in [-0.15, -0.1) is 0 Å². The number of benzene rings is 2. The second kappa shape index (κ2) is 5.89. The minimum Gasteiger partial charge on any atom is -0.465 e. The van der Waals surface area contributed by atoms with Crippen LogP contribution in [0, 0.1) is 5.82 Å². The second-order valence-electron chi connectivity index (χ2n) is 5.13. The maximum Gasteiger partial charge on any atom is 0.404 e. The highest BCUT2D eigenvalue weighted by Gasteiger charge is 2.04. The number of nitrogens with one attached hydrogen (secondary N) is 1. The average molecular weight is 298 g/mol. The molecule has 2 N–H and O–H groups in total. The van der Waals surface area contributed by atoms with Crippen molar-refractivity contribution in [1.82, 2.24) is 9.88 Å². The van der Waals surface area contributed by atoms with Gasteiger partial charge in [-0.05, 0) is 35.4 Å². The third-order valence-electron chi connectivity index (χ3n) is 3.52. The number of fused-ring (bicyclic) bond motifs is 1. The number of hydrogen-bond acceptors (Lipinski definition) is 1. The Morgan fingerprint density at radius 2 is 1.95 bits per heavy atom. The first-order valence-electron chi connectivity index (χ1n) is 6.91. The molecule has 3 aromatic rings. The molecule has 0 unspecified atom stereocenters. The molecule has 5 heteroatoms. The summed E-state index contributed by atoms with van der Waals surface area (Å²) >= 11 is 0. The summed E-state index contributed by atoms with van der Waals surface area (Å²) in [4.78, 5) is 10.5. The first-order valence-corrected chi connectivity index (χ1v) is 6.91. The maximum absolute atomic E-state index is 13.2. The van der Waals surface area contributed by atoms with Gasteiger partial charge in [0.05, 0.1) is 0 Å². The summed E-state index contributed by atoms with van der Waals surface area (Å²) in [5, 5.41) is 11.9. The molecule has 1 heterocycles. The summed E-state index contributed by atoms with van der Waals surface area (Å²) in [6.07, 6.45) is 0.885. The molecule has 22 heavy (non-hydrogen) atoms. The van der Waals surface area contributed by atoms with Crippen molar-refractivity contribution in [1.29, 1.82) is 0 Å². The van der Waals surface area contributed by atoms with Crippen LogP contribution in [0.3, 0.4) is 0 Å². The molecule has 0 spiro atoms. The van der Waals surface area contributed by atoms with Crippen LogP contribution in [0.4, 0.5) is 9.18 Å². The second-order valence-corrected chi connectivity index (χ2v) is 5.13. The first-order chi connectivity index (χ1) is 10.6. The highest BCUT2D eigenvalue weighted by Crippen LogP contribution is 2.18. The topological polar surface area (TPSA) is 54.3 Å². The van der Waals surface area contributed by atoms with Crippen LogP contribution >= 0.6 is 0 Å². The Balaban J connectivity index is 1.82. The molecule has 0 aliphatic heterocycles. The summed E-state index contributed by atoms with van der Waals surface area (Å²) in [7, 11) is 0. The third-order valence-corrected chi connectivity index (χ3v) is 3.52. The molecular weight excluding hydrogens is 283 g/mol. The van der Waals surface area contributed by atoms with Gasteiger partial charge in [0.25, 0.3) is 0 Å².